The van der Waals surface area contributed by atoms with Crippen LogP contribution in [0.2, 0.25) is 0 Å². The Labute approximate surface area is 205 Å². The summed E-state index contributed by atoms with van der Waals surface area (Å²) in [5, 5.41) is 51.4. The topological polar surface area (TPSA) is 155 Å². The van der Waals surface area contributed by atoms with Crippen molar-refractivity contribution in [2.45, 2.75) is 31.3 Å². The number of aliphatic hydroxyl groups excluding tert-OH is 2. The number of Topliss-reactive ketones (excluding diaryl/α,β-unsaturated/α-hetero) is 1. The molecule has 4 atom stereocenters. The van der Waals surface area contributed by atoms with Crippen LogP contribution in [0.15, 0.2) is 42.5 Å². The lowest BCUT2D eigenvalue weighted by molar-refractivity contribution is -0.0148. The number of hydrogen-bond donors (Lipinski definition) is 5. The van der Waals surface area contributed by atoms with Crippen LogP contribution in [0.25, 0.3) is 0 Å². The van der Waals surface area contributed by atoms with Gasteiger partial charge in [0.25, 0.3) is 0 Å². The van der Waals surface area contributed by atoms with Crippen LogP contribution in [-0.4, -0.2) is 57.2 Å². The molecule has 0 radical (unpaired) electrons. The Balaban J connectivity index is 1.53. The van der Waals surface area contributed by atoms with E-state index in [1.165, 1.54) is 31.4 Å². The van der Waals surface area contributed by atoms with E-state index in [1.807, 2.05) is 0 Å². The van der Waals surface area contributed by atoms with Crippen molar-refractivity contribution in [1.29, 1.82) is 0 Å². The zero-order valence-electron chi connectivity index (χ0n) is 19.3. The minimum Gasteiger partial charge on any atom is -0.507 e. The van der Waals surface area contributed by atoms with Crippen LogP contribution in [0.4, 0.5) is 0 Å². The molecule has 0 saturated carbocycles. The second-order valence-corrected chi connectivity index (χ2v) is 8.68. The highest BCUT2D eigenvalue weighted by atomic mass is 16.6. The first-order valence-corrected chi connectivity index (χ1v) is 11.1. The fraction of sp³-hybridized carbons (Fsp3) is 0.269. The molecular weight excluding hydrogens is 472 g/mol. The van der Waals surface area contributed by atoms with Crippen molar-refractivity contribution >= 4 is 5.78 Å². The zero-order valence-corrected chi connectivity index (χ0v) is 19.3. The summed E-state index contributed by atoms with van der Waals surface area (Å²) in [6.45, 7) is 1.28. The second kappa shape index (κ2) is 8.81. The largest absolute Gasteiger partial charge is 0.507 e. The van der Waals surface area contributed by atoms with Crippen molar-refractivity contribution in [2.24, 2.45) is 0 Å². The van der Waals surface area contributed by atoms with Gasteiger partial charge in [-0.15, -0.1) is 0 Å². The molecule has 10 nitrogen and oxygen atoms in total. The molecule has 5 N–H and O–H groups in total. The highest BCUT2D eigenvalue weighted by Gasteiger charge is 2.41. The maximum Gasteiger partial charge on any atom is 0.203 e. The quantitative estimate of drug-likeness (QED) is 0.364. The van der Waals surface area contributed by atoms with Crippen LogP contribution in [-0.2, 0) is 0 Å². The third kappa shape index (κ3) is 3.80. The lowest BCUT2D eigenvalue weighted by atomic mass is 9.91. The normalized spacial score (nSPS) is 22.5. The average molecular weight is 496 g/mol. The number of methoxy groups -OCH3 is 1. The molecule has 2 aliphatic heterocycles. The summed E-state index contributed by atoms with van der Waals surface area (Å²) in [5.41, 5.74) is 1.30. The second-order valence-electron chi connectivity index (χ2n) is 8.68. The molecule has 5 rings (SSSR count). The first-order chi connectivity index (χ1) is 17.2. The summed E-state index contributed by atoms with van der Waals surface area (Å²) < 4.78 is 23.0. The number of rotatable bonds is 4. The maximum atomic E-state index is 12.8. The van der Waals surface area contributed by atoms with Crippen molar-refractivity contribution in [3.63, 3.8) is 0 Å². The van der Waals surface area contributed by atoms with Gasteiger partial charge in [-0.3, -0.25) is 4.79 Å². The highest BCUT2D eigenvalue weighted by Crippen LogP contribution is 2.49. The lowest BCUT2D eigenvalue weighted by Crippen LogP contribution is -2.37. The number of carbonyl (C=O) groups excluding carboxylic acids is 1. The molecule has 2 heterocycles. The molecule has 0 amide bonds. The molecule has 36 heavy (non-hydrogen) atoms. The average Bonchev–Trinajstić information content (AvgIpc) is 2.85. The molecule has 0 aliphatic carbocycles. The van der Waals surface area contributed by atoms with Crippen molar-refractivity contribution in [1.82, 2.24) is 0 Å². The van der Waals surface area contributed by atoms with E-state index in [9.17, 15) is 30.3 Å². The minimum absolute atomic E-state index is 0.0229. The number of phenolic OH excluding ortho intramolecular Hbond substituents is 3. The number of aliphatic hydroxyl groups is 2. The third-order valence-electron chi connectivity index (χ3n) is 6.24. The summed E-state index contributed by atoms with van der Waals surface area (Å²) in [4.78, 5) is 12.8. The van der Waals surface area contributed by atoms with Gasteiger partial charge in [0.1, 0.15) is 17.1 Å². The number of ether oxygens (including phenoxy) is 4. The van der Waals surface area contributed by atoms with E-state index >= 15 is 0 Å². The van der Waals surface area contributed by atoms with Gasteiger partial charge in [0, 0.05) is 11.1 Å². The number of benzene rings is 3. The maximum absolute atomic E-state index is 12.8. The molecule has 0 saturated heterocycles. The van der Waals surface area contributed by atoms with Gasteiger partial charge in [-0.2, -0.15) is 0 Å². The molecule has 3 aromatic carbocycles. The molecule has 0 fully saturated rings. The Morgan fingerprint density at radius 1 is 0.861 bits per heavy atom. The van der Waals surface area contributed by atoms with Crippen molar-refractivity contribution < 1.29 is 49.3 Å². The fourth-order valence-corrected chi connectivity index (χ4v) is 4.50. The smallest absolute Gasteiger partial charge is 0.203 e. The summed E-state index contributed by atoms with van der Waals surface area (Å²) in [5.74, 6) is -1.06. The number of aromatic hydroxyl groups is 3. The predicted octanol–water partition coefficient (Wildman–Crippen LogP) is 2.67. The number of fused-ring (bicyclic) bond motifs is 2. The van der Waals surface area contributed by atoms with Crippen LogP contribution >= 0.6 is 0 Å². The van der Waals surface area contributed by atoms with Crippen LogP contribution < -0.4 is 18.9 Å². The first-order valence-electron chi connectivity index (χ1n) is 11.1. The van der Waals surface area contributed by atoms with Gasteiger partial charge in [0.05, 0.1) is 13.7 Å². The number of aryl methyl sites for hydroxylation is 1. The monoisotopic (exact) mass is 496 g/mol. The molecular formula is C26H24O10. The van der Waals surface area contributed by atoms with Gasteiger partial charge >= 0.3 is 0 Å². The van der Waals surface area contributed by atoms with Gasteiger partial charge in [0.2, 0.25) is 11.5 Å². The molecule has 4 unspecified atom stereocenters. The Hall–Kier alpha value is -4.15. The Kier molecular flexibility index (Phi) is 5.77. The SMILES string of the molecule is COc1cc(C2Oc3cc(C4Oc5cc(C)cc(O)c5C(=O)C4O)cc(O)c3OC2CO)ccc1O. The molecule has 10 heteroatoms. The molecule has 2 aliphatic rings. The summed E-state index contributed by atoms with van der Waals surface area (Å²) in [6, 6.07) is 10.3. The van der Waals surface area contributed by atoms with Crippen LogP contribution in [0, 0.1) is 6.92 Å². The van der Waals surface area contributed by atoms with E-state index in [4.69, 9.17) is 18.9 Å². The molecule has 0 aromatic heterocycles. The summed E-state index contributed by atoms with van der Waals surface area (Å²) >= 11 is 0. The standard InChI is InChI=1S/C26H24O10/c1-11-5-15(29)21-18(6-11)34-25(23(32)22(21)31)13-7-16(30)26-19(9-13)35-24(20(10-27)36-26)12-3-4-14(28)17(8-12)33-2/h3-9,20,23-25,27-30,32H,10H2,1-2H3. The number of hydrogen-bond acceptors (Lipinski definition) is 10. The van der Waals surface area contributed by atoms with Crippen molar-refractivity contribution in [2.75, 3.05) is 13.7 Å². The lowest BCUT2D eigenvalue weighted by Gasteiger charge is -2.35. The van der Waals surface area contributed by atoms with Crippen LogP contribution in [0.3, 0.4) is 0 Å². The van der Waals surface area contributed by atoms with E-state index in [-0.39, 0.29) is 51.4 Å². The first kappa shape index (κ1) is 23.6. The van der Waals surface area contributed by atoms with Crippen molar-refractivity contribution in [3.8, 4) is 40.2 Å². The van der Waals surface area contributed by atoms with Gasteiger partial charge in [-0.1, -0.05) is 6.07 Å². The minimum atomic E-state index is -1.66. The summed E-state index contributed by atoms with van der Waals surface area (Å²) in [7, 11) is 1.40. The van der Waals surface area contributed by atoms with E-state index in [2.05, 4.69) is 0 Å². The molecule has 0 spiro atoms. The summed E-state index contributed by atoms with van der Waals surface area (Å²) in [6.07, 6.45) is -4.59. The zero-order chi connectivity index (χ0) is 25.7. The van der Waals surface area contributed by atoms with Gasteiger partial charge < -0.3 is 44.5 Å². The van der Waals surface area contributed by atoms with E-state index in [0.717, 1.165) is 0 Å². The third-order valence-corrected chi connectivity index (χ3v) is 6.24. The Morgan fingerprint density at radius 2 is 1.61 bits per heavy atom. The number of phenols is 3. The van der Waals surface area contributed by atoms with Gasteiger partial charge in [0.15, 0.2) is 47.4 Å². The fourth-order valence-electron chi connectivity index (χ4n) is 4.50. The van der Waals surface area contributed by atoms with Gasteiger partial charge in [-0.25, -0.2) is 0 Å². The predicted molar refractivity (Wildman–Crippen MR) is 124 cm³/mol. The van der Waals surface area contributed by atoms with E-state index in [0.29, 0.717) is 11.1 Å². The van der Waals surface area contributed by atoms with E-state index < -0.39 is 36.8 Å². The van der Waals surface area contributed by atoms with Crippen LogP contribution in [0.1, 0.15) is 39.3 Å². The molecule has 0 bridgehead atoms. The van der Waals surface area contributed by atoms with Crippen molar-refractivity contribution in [3.05, 3.63) is 64.7 Å². The van der Waals surface area contributed by atoms with Gasteiger partial charge in [-0.05, 0) is 48.9 Å². The Bertz CT molecular complexity index is 1350. The number of ketones is 1. The number of carbonyl (C=O) groups is 1. The highest BCUT2D eigenvalue weighted by molar-refractivity contribution is 6.05. The van der Waals surface area contributed by atoms with Crippen LogP contribution in [0.5, 0.6) is 40.2 Å². The molecule has 3 aromatic rings. The Morgan fingerprint density at radius 3 is 2.33 bits per heavy atom. The van der Waals surface area contributed by atoms with E-state index in [1.54, 1.807) is 25.1 Å². The molecule has 188 valence electrons.